The van der Waals surface area contributed by atoms with Crippen molar-refractivity contribution in [1.82, 2.24) is 15.3 Å². The molecule has 3 aromatic rings. The van der Waals surface area contributed by atoms with Crippen LogP contribution < -0.4 is 10.2 Å². The Bertz CT molecular complexity index is 1710. The van der Waals surface area contributed by atoms with Gasteiger partial charge in [-0.25, -0.2) is 27.7 Å². The number of amides is 3. The first-order chi connectivity index (χ1) is 21.6. The van der Waals surface area contributed by atoms with Crippen molar-refractivity contribution in [3.8, 4) is 0 Å². The molecule has 1 saturated heterocycles. The molecule has 1 fully saturated rings. The van der Waals surface area contributed by atoms with Crippen molar-refractivity contribution in [2.45, 2.75) is 55.5 Å². The number of carbonyl (C=O) groups is 4. The fourth-order valence-corrected chi connectivity index (χ4v) is 6.24. The van der Waals surface area contributed by atoms with Crippen LogP contribution >= 0.6 is 0 Å². The predicted octanol–water partition coefficient (Wildman–Crippen LogP) is 4.53. The molecule has 3 amide bonds. The number of halogens is 3. The quantitative estimate of drug-likeness (QED) is 0.241. The molecule has 0 bridgehead atoms. The van der Waals surface area contributed by atoms with Gasteiger partial charge >= 0.3 is 23.5 Å². The Morgan fingerprint density at radius 1 is 0.870 bits per heavy atom. The second-order valence-corrected chi connectivity index (χ2v) is 12.1. The van der Waals surface area contributed by atoms with Gasteiger partial charge in [-0.1, -0.05) is 13.8 Å². The van der Waals surface area contributed by atoms with Gasteiger partial charge in [0.15, 0.2) is 0 Å². The van der Waals surface area contributed by atoms with Gasteiger partial charge in [-0.05, 0) is 61.4 Å². The number of ether oxygens (including phenoxy) is 2. The summed E-state index contributed by atoms with van der Waals surface area (Å²) in [6.45, 7) is 6.41. The molecular weight excluding hydrogens is 633 g/mol. The number of nitrogens with one attached hydrogen (secondary N) is 1. The zero-order chi connectivity index (χ0) is 34.0. The average molecular weight is 663 g/mol. The molecule has 0 radical (unpaired) electrons. The average Bonchev–Trinajstić information content (AvgIpc) is 3.30. The number of sulfone groups is 1. The summed E-state index contributed by atoms with van der Waals surface area (Å²) in [6, 6.07) is 5.02. The van der Waals surface area contributed by atoms with Gasteiger partial charge in [-0.2, -0.15) is 13.2 Å². The third-order valence-electron chi connectivity index (χ3n) is 7.78. The first-order valence-corrected chi connectivity index (χ1v) is 15.4. The van der Waals surface area contributed by atoms with E-state index in [-0.39, 0.29) is 41.2 Å². The highest BCUT2D eigenvalue weighted by Crippen LogP contribution is 2.46. The fourth-order valence-electron chi connectivity index (χ4n) is 5.48. The van der Waals surface area contributed by atoms with E-state index in [1.807, 2.05) is 0 Å². The van der Waals surface area contributed by atoms with Crippen LogP contribution in [0.2, 0.25) is 0 Å². The zero-order valence-corrected chi connectivity index (χ0v) is 25.8. The number of pyridine rings is 2. The highest BCUT2D eigenvalue weighted by atomic mass is 32.2. The van der Waals surface area contributed by atoms with Crippen molar-refractivity contribution in [3.05, 3.63) is 83.4 Å². The number of urea groups is 1. The SMILES string of the molecule is CCOC(=O)c1cnccc1C(C)C1(C(C)c2ccncc2C(=O)OCC)NC(=O)N(c2ccc(S(=O)(=O)C(F)(F)F)cc2)C1=O. The van der Waals surface area contributed by atoms with Gasteiger partial charge in [-0.15, -0.1) is 0 Å². The maximum atomic E-state index is 14.6. The number of hydrogen-bond acceptors (Lipinski definition) is 10. The summed E-state index contributed by atoms with van der Waals surface area (Å²) in [6.07, 6.45) is 5.25. The molecule has 0 saturated carbocycles. The molecule has 0 spiro atoms. The molecule has 16 heteroatoms. The number of aromatic nitrogens is 2. The Labute approximate surface area is 261 Å². The maximum absolute atomic E-state index is 14.6. The van der Waals surface area contributed by atoms with Crippen LogP contribution in [0, 0.1) is 0 Å². The lowest BCUT2D eigenvalue weighted by molar-refractivity contribution is -0.123. The number of imide groups is 1. The number of nitrogens with zero attached hydrogens (tertiary/aromatic N) is 3. The Balaban J connectivity index is 1.91. The first kappa shape index (κ1) is 34.0. The third kappa shape index (κ3) is 5.79. The molecule has 244 valence electrons. The van der Waals surface area contributed by atoms with Crippen LogP contribution in [-0.4, -0.2) is 66.5 Å². The van der Waals surface area contributed by atoms with E-state index in [1.54, 1.807) is 27.7 Å². The number of benzene rings is 1. The van der Waals surface area contributed by atoms with Crippen molar-refractivity contribution in [3.63, 3.8) is 0 Å². The van der Waals surface area contributed by atoms with E-state index < -0.39 is 61.5 Å². The minimum Gasteiger partial charge on any atom is -0.462 e. The van der Waals surface area contributed by atoms with Gasteiger partial charge in [0.1, 0.15) is 5.54 Å². The Hall–Kier alpha value is -4.86. The Kier molecular flexibility index (Phi) is 9.51. The summed E-state index contributed by atoms with van der Waals surface area (Å²) < 4.78 is 73.6. The van der Waals surface area contributed by atoms with Crippen LogP contribution in [0.1, 0.15) is 71.4 Å². The summed E-state index contributed by atoms with van der Waals surface area (Å²) >= 11 is 0. The predicted molar refractivity (Wildman–Crippen MR) is 156 cm³/mol. The van der Waals surface area contributed by atoms with Crippen molar-refractivity contribution < 1.29 is 50.2 Å². The summed E-state index contributed by atoms with van der Waals surface area (Å²) in [7, 11) is -5.70. The topological polar surface area (TPSA) is 162 Å². The van der Waals surface area contributed by atoms with Crippen LogP contribution in [0.15, 0.2) is 66.1 Å². The Morgan fingerprint density at radius 2 is 1.33 bits per heavy atom. The van der Waals surface area contributed by atoms with Gasteiger partial charge in [0, 0.05) is 36.6 Å². The van der Waals surface area contributed by atoms with E-state index in [0.717, 1.165) is 12.1 Å². The third-order valence-corrected chi connectivity index (χ3v) is 9.29. The van der Waals surface area contributed by atoms with E-state index in [1.165, 1.54) is 36.9 Å². The van der Waals surface area contributed by atoms with Crippen LogP contribution in [0.25, 0.3) is 0 Å². The molecule has 12 nitrogen and oxygen atoms in total. The van der Waals surface area contributed by atoms with E-state index in [0.29, 0.717) is 17.0 Å². The molecule has 1 aliphatic rings. The van der Waals surface area contributed by atoms with Crippen molar-refractivity contribution in [2.24, 2.45) is 0 Å². The number of alkyl halides is 3. The number of rotatable bonds is 10. The van der Waals surface area contributed by atoms with E-state index in [9.17, 15) is 40.8 Å². The van der Waals surface area contributed by atoms with Crippen LogP contribution in [-0.2, 0) is 24.1 Å². The lowest BCUT2D eigenvalue weighted by Gasteiger charge is -2.39. The highest BCUT2D eigenvalue weighted by Gasteiger charge is 2.59. The van der Waals surface area contributed by atoms with E-state index in [2.05, 4.69) is 15.3 Å². The second-order valence-electron chi connectivity index (χ2n) is 10.2. The molecule has 2 atom stereocenters. The minimum atomic E-state index is -5.70. The van der Waals surface area contributed by atoms with Crippen molar-refractivity contribution in [2.75, 3.05) is 18.1 Å². The smallest absolute Gasteiger partial charge is 0.462 e. The molecule has 2 unspecified atom stereocenters. The number of hydrogen-bond donors (Lipinski definition) is 1. The molecule has 3 heterocycles. The van der Waals surface area contributed by atoms with Crippen LogP contribution in [0.5, 0.6) is 0 Å². The lowest BCUT2D eigenvalue weighted by atomic mass is 9.68. The fraction of sp³-hybridized carbons (Fsp3) is 0.333. The van der Waals surface area contributed by atoms with Gasteiger partial charge in [0.2, 0.25) is 0 Å². The zero-order valence-electron chi connectivity index (χ0n) is 25.0. The summed E-state index contributed by atoms with van der Waals surface area (Å²) in [4.78, 5) is 61.7. The molecule has 1 N–H and O–H groups in total. The normalized spacial score (nSPS) is 18.1. The molecule has 2 aromatic heterocycles. The van der Waals surface area contributed by atoms with Gasteiger partial charge in [-0.3, -0.25) is 14.8 Å². The standard InChI is InChI=1S/C30H29F3N4O8S/c1-5-44-25(38)23-15-34-13-11-21(23)17(3)29(18(4)22-12-14-35-16-24(22)26(39)45-6-2)27(40)37(28(41)36-29)19-7-9-20(10-8-19)46(42,43)30(31,32)33/h7-18H,5-6H2,1-4H3,(H,36,41). The molecular formula is C30H29F3N4O8S. The monoisotopic (exact) mass is 662 g/mol. The lowest BCUT2D eigenvalue weighted by Crippen LogP contribution is -2.55. The molecule has 4 rings (SSSR count). The molecule has 1 aliphatic heterocycles. The second kappa shape index (κ2) is 12.9. The number of esters is 2. The van der Waals surface area contributed by atoms with Crippen LogP contribution in [0.4, 0.5) is 23.7 Å². The van der Waals surface area contributed by atoms with Crippen molar-refractivity contribution in [1.29, 1.82) is 0 Å². The molecule has 0 aliphatic carbocycles. The largest absolute Gasteiger partial charge is 0.501 e. The number of anilines is 1. The van der Waals surface area contributed by atoms with E-state index in [4.69, 9.17) is 9.47 Å². The minimum absolute atomic E-state index is 0.00554. The summed E-state index contributed by atoms with van der Waals surface area (Å²) in [5.74, 6) is -4.45. The van der Waals surface area contributed by atoms with Gasteiger partial charge in [0.25, 0.3) is 15.7 Å². The maximum Gasteiger partial charge on any atom is 0.501 e. The Morgan fingerprint density at radius 3 is 1.74 bits per heavy atom. The first-order valence-electron chi connectivity index (χ1n) is 13.9. The highest BCUT2D eigenvalue weighted by molar-refractivity contribution is 7.92. The van der Waals surface area contributed by atoms with Gasteiger partial charge in [0.05, 0.1) is 34.9 Å². The van der Waals surface area contributed by atoms with Crippen LogP contribution in [0.3, 0.4) is 0 Å². The molecule has 46 heavy (non-hydrogen) atoms. The van der Waals surface area contributed by atoms with Gasteiger partial charge < -0.3 is 14.8 Å². The van der Waals surface area contributed by atoms with Crippen molar-refractivity contribution >= 4 is 39.4 Å². The summed E-state index contributed by atoms with van der Waals surface area (Å²) in [5, 5.41) is 2.72. The molecule has 1 aromatic carbocycles. The summed E-state index contributed by atoms with van der Waals surface area (Å²) in [5.41, 5.74) is -7.22. The number of carbonyl (C=O) groups excluding carboxylic acids is 4. The van der Waals surface area contributed by atoms with E-state index >= 15 is 0 Å².